The average Bonchev–Trinajstić information content (AvgIpc) is 3.09. The largest absolute Gasteiger partial charge is 0.468 e. The number of hydrogen-bond acceptors (Lipinski definition) is 8. The van der Waals surface area contributed by atoms with Gasteiger partial charge in [-0.1, -0.05) is 11.3 Å². The molecule has 1 heterocycles. The first kappa shape index (κ1) is 23.2. The maximum Gasteiger partial charge on any atom is 0.325 e. The minimum atomic E-state index is -3.65. The third-order valence-corrected chi connectivity index (χ3v) is 7.34. The molecule has 0 aliphatic carbocycles. The molecule has 1 aromatic heterocycles. The van der Waals surface area contributed by atoms with Crippen molar-refractivity contribution in [1.82, 2.24) is 8.87 Å². The summed E-state index contributed by atoms with van der Waals surface area (Å²) in [7, 11) is 0.366. The van der Waals surface area contributed by atoms with Gasteiger partial charge < -0.3 is 9.30 Å². The highest BCUT2D eigenvalue weighted by Crippen LogP contribution is 2.23. The van der Waals surface area contributed by atoms with Crippen LogP contribution >= 0.6 is 11.3 Å². The highest BCUT2D eigenvalue weighted by molar-refractivity contribution is 7.89. The summed E-state index contributed by atoms with van der Waals surface area (Å²) in [6, 6.07) is 9.37. The molecule has 11 nitrogen and oxygen atoms in total. The second-order valence-corrected chi connectivity index (χ2v) is 9.85. The molecular formula is C19H18N4O7S2. The molecule has 3 rings (SSSR count). The Balaban J connectivity index is 2.08. The molecule has 0 bridgehead atoms. The number of non-ortho nitro benzene ring substituents is 1. The molecule has 32 heavy (non-hydrogen) atoms. The number of nitro groups is 1. The number of carbonyl (C=O) groups is 2. The van der Waals surface area contributed by atoms with Crippen molar-refractivity contribution in [3.63, 3.8) is 0 Å². The van der Waals surface area contributed by atoms with Gasteiger partial charge in [-0.2, -0.15) is 4.99 Å². The highest BCUT2D eigenvalue weighted by atomic mass is 32.2. The minimum absolute atomic E-state index is 0.0222. The van der Waals surface area contributed by atoms with Crippen molar-refractivity contribution >= 4 is 49.1 Å². The van der Waals surface area contributed by atoms with E-state index in [1.807, 2.05) is 0 Å². The first-order chi connectivity index (χ1) is 15.0. The first-order valence-electron chi connectivity index (χ1n) is 9.01. The van der Waals surface area contributed by atoms with Crippen LogP contribution in [-0.2, 0) is 26.1 Å². The van der Waals surface area contributed by atoms with E-state index in [1.165, 1.54) is 68.2 Å². The van der Waals surface area contributed by atoms with Gasteiger partial charge in [0.15, 0.2) is 4.80 Å². The number of rotatable bonds is 6. The van der Waals surface area contributed by atoms with E-state index in [0.29, 0.717) is 10.2 Å². The summed E-state index contributed by atoms with van der Waals surface area (Å²) in [5.74, 6) is -1.26. The molecule has 168 valence electrons. The zero-order valence-corrected chi connectivity index (χ0v) is 18.8. The summed E-state index contributed by atoms with van der Waals surface area (Å²) in [4.78, 5) is 39.3. The summed E-state index contributed by atoms with van der Waals surface area (Å²) in [6.07, 6.45) is 0. The number of ether oxygens (including phenoxy) is 1. The standard InChI is InChI=1S/C19H18N4O7S2/c1-21(2)32(28,29)14-7-4-12(5-8-14)18(25)20-19-22(11-17(24)30-3)15-9-6-13(23(26)27)10-16(15)31-19/h4-10H,11H2,1-3H3. The summed E-state index contributed by atoms with van der Waals surface area (Å²) in [5, 5.41) is 11.1. The Labute approximate surface area is 186 Å². The molecule has 0 aliphatic rings. The van der Waals surface area contributed by atoms with Gasteiger partial charge >= 0.3 is 5.97 Å². The number of benzene rings is 2. The molecule has 0 fully saturated rings. The van der Waals surface area contributed by atoms with Crippen molar-refractivity contribution in [2.24, 2.45) is 4.99 Å². The van der Waals surface area contributed by atoms with E-state index in [1.54, 1.807) is 0 Å². The third kappa shape index (κ3) is 4.59. The summed E-state index contributed by atoms with van der Waals surface area (Å²) in [6.45, 7) is -0.250. The van der Waals surface area contributed by atoms with Gasteiger partial charge in [0.05, 0.1) is 27.1 Å². The lowest BCUT2D eigenvalue weighted by molar-refractivity contribution is -0.384. The molecule has 0 N–H and O–H groups in total. The molecule has 0 unspecified atom stereocenters. The summed E-state index contributed by atoms with van der Waals surface area (Å²) in [5.41, 5.74) is 0.472. The normalized spacial score (nSPS) is 12.3. The fourth-order valence-corrected chi connectivity index (χ4v) is 4.70. The molecule has 0 aliphatic heterocycles. The topological polar surface area (TPSA) is 141 Å². The number of nitrogens with zero attached hydrogens (tertiary/aromatic N) is 4. The van der Waals surface area contributed by atoms with E-state index in [9.17, 15) is 28.1 Å². The predicted molar refractivity (Wildman–Crippen MR) is 116 cm³/mol. The van der Waals surface area contributed by atoms with Crippen molar-refractivity contribution in [2.75, 3.05) is 21.2 Å². The molecule has 0 spiro atoms. The molecule has 0 atom stereocenters. The number of nitro benzene ring substituents is 1. The van der Waals surface area contributed by atoms with Crippen LogP contribution in [0, 0.1) is 10.1 Å². The third-order valence-electron chi connectivity index (χ3n) is 4.47. The Kier molecular flexibility index (Phi) is 6.52. The van der Waals surface area contributed by atoms with Gasteiger partial charge in [-0.25, -0.2) is 12.7 Å². The quantitative estimate of drug-likeness (QED) is 0.299. The smallest absolute Gasteiger partial charge is 0.325 e. The van der Waals surface area contributed by atoms with Crippen LogP contribution in [-0.4, -0.2) is 55.3 Å². The number of esters is 1. The minimum Gasteiger partial charge on any atom is -0.468 e. The van der Waals surface area contributed by atoms with Gasteiger partial charge in [-0.15, -0.1) is 0 Å². The number of sulfonamides is 1. The van der Waals surface area contributed by atoms with Gasteiger partial charge in [-0.3, -0.25) is 19.7 Å². The Morgan fingerprint density at radius 1 is 1.19 bits per heavy atom. The Morgan fingerprint density at radius 2 is 1.84 bits per heavy atom. The number of fused-ring (bicyclic) bond motifs is 1. The monoisotopic (exact) mass is 478 g/mol. The second-order valence-electron chi connectivity index (χ2n) is 6.68. The molecule has 2 aromatic carbocycles. The highest BCUT2D eigenvalue weighted by Gasteiger charge is 2.18. The van der Waals surface area contributed by atoms with Gasteiger partial charge in [0.25, 0.3) is 11.6 Å². The van der Waals surface area contributed by atoms with Crippen LogP contribution in [0.25, 0.3) is 10.2 Å². The van der Waals surface area contributed by atoms with Gasteiger partial charge in [-0.05, 0) is 30.3 Å². The molecular weight excluding hydrogens is 460 g/mol. The maximum absolute atomic E-state index is 12.7. The number of aromatic nitrogens is 1. The van der Waals surface area contributed by atoms with E-state index < -0.39 is 26.8 Å². The second kappa shape index (κ2) is 8.98. The van der Waals surface area contributed by atoms with Crippen LogP contribution in [0.1, 0.15) is 10.4 Å². The van der Waals surface area contributed by atoms with Crippen LogP contribution in [0.15, 0.2) is 52.4 Å². The van der Waals surface area contributed by atoms with E-state index in [4.69, 9.17) is 4.74 Å². The first-order valence-corrected chi connectivity index (χ1v) is 11.3. The molecule has 0 radical (unpaired) electrons. The average molecular weight is 479 g/mol. The van der Waals surface area contributed by atoms with E-state index in [-0.39, 0.29) is 27.5 Å². The van der Waals surface area contributed by atoms with E-state index >= 15 is 0 Å². The number of thiazole rings is 1. The molecule has 3 aromatic rings. The van der Waals surface area contributed by atoms with Crippen LogP contribution in [0.4, 0.5) is 5.69 Å². The van der Waals surface area contributed by atoms with Gasteiger partial charge in [0.2, 0.25) is 10.0 Å². The van der Waals surface area contributed by atoms with Crippen molar-refractivity contribution < 1.29 is 27.7 Å². The van der Waals surface area contributed by atoms with Crippen molar-refractivity contribution in [2.45, 2.75) is 11.4 Å². The van der Waals surface area contributed by atoms with Crippen LogP contribution in [0.3, 0.4) is 0 Å². The molecule has 0 saturated carbocycles. The number of hydrogen-bond donors (Lipinski definition) is 0. The fourth-order valence-electron chi connectivity index (χ4n) is 2.74. The lowest BCUT2D eigenvalue weighted by atomic mass is 10.2. The fraction of sp³-hybridized carbons (Fsp3) is 0.211. The van der Waals surface area contributed by atoms with Crippen LogP contribution in [0.5, 0.6) is 0 Å². The predicted octanol–water partition coefficient (Wildman–Crippen LogP) is 1.78. The molecule has 13 heteroatoms. The zero-order chi connectivity index (χ0) is 23.6. The SMILES string of the molecule is COC(=O)Cn1c(=NC(=O)c2ccc(S(=O)(=O)N(C)C)cc2)sc2cc([N+](=O)[O-])ccc21. The molecule has 0 saturated heterocycles. The van der Waals surface area contributed by atoms with Gasteiger partial charge in [0, 0.05) is 31.8 Å². The summed E-state index contributed by atoms with van der Waals surface area (Å²) < 4.78 is 32.0. The van der Waals surface area contributed by atoms with Crippen molar-refractivity contribution in [3.8, 4) is 0 Å². The molecule has 1 amide bonds. The number of amides is 1. The Morgan fingerprint density at radius 3 is 2.41 bits per heavy atom. The Hall–Kier alpha value is -3.42. The number of carbonyl (C=O) groups excluding carboxylic acids is 2. The van der Waals surface area contributed by atoms with Crippen molar-refractivity contribution in [1.29, 1.82) is 0 Å². The summed E-state index contributed by atoms with van der Waals surface area (Å²) >= 11 is 1.00. The lowest BCUT2D eigenvalue weighted by Gasteiger charge is -2.11. The number of methoxy groups -OCH3 is 1. The Bertz CT molecular complexity index is 1390. The zero-order valence-electron chi connectivity index (χ0n) is 17.2. The lowest BCUT2D eigenvalue weighted by Crippen LogP contribution is -2.23. The van der Waals surface area contributed by atoms with E-state index in [2.05, 4.69) is 4.99 Å². The maximum atomic E-state index is 12.7. The van der Waals surface area contributed by atoms with E-state index in [0.717, 1.165) is 15.6 Å². The van der Waals surface area contributed by atoms with Crippen molar-refractivity contribution in [3.05, 3.63) is 62.9 Å². The van der Waals surface area contributed by atoms with Crippen LogP contribution < -0.4 is 4.80 Å². The van der Waals surface area contributed by atoms with Gasteiger partial charge in [0.1, 0.15) is 6.54 Å². The van der Waals surface area contributed by atoms with Crippen LogP contribution in [0.2, 0.25) is 0 Å².